The molecule has 3 nitrogen and oxygen atoms in total. The van der Waals surface area contributed by atoms with Gasteiger partial charge in [0, 0.05) is 6.04 Å². The highest BCUT2D eigenvalue weighted by Crippen LogP contribution is 2.24. The van der Waals surface area contributed by atoms with Crippen LogP contribution in [0.25, 0.3) is 0 Å². The Morgan fingerprint density at radius 1 is 1.19 bits per heavy atom. The topological polar surface area (TPSA) is 41.5 Å². The molecule has 0 fully saturated rings. The van der Waals surface area contributed by atoms with Crippen LogP contribution in [-0.2, 0) is 6.61 Å². The fraction of sp³-hybridized carbons (Fsp3) is 0.333. The van der Waals surface area contributed by atoms with Gasteiger partial charge < -0.3 is 15.2 Å². The smallest absolute Gasteiger partial charge is 0.122 e. The molecule has 0 spiro atoms. The van der Waals surface area contributed by atoms with E-state index in [1.165, 1.54) is 5.56 Å². The van der Waals surface area contributed by atoms with E-state index in [-0.39, 0.29) is 5.75 Å². The maximum atomic E-state index is 9.45. The monoisotopic (exact) mass is 285 g/mol. The van der Waals surface area contributed by atoms with E-state index in [1.54, 1.807) is 12.1 Å². The average Bonchev–Trinajstić information content (AvgIpc) is 2.46. The lowest BCUT2D eigenvalue weighted by atomic mass is 10.1. The van der Waals surface area contributed by atoms with Crippen LogP contribution < -0.4 is 10.1 Å². The van der Waals surface area contributed by atoms with Gasteiger partial charge in [-0.15, -0.1) is 0 Å². The molecule has 2 aromatic rings. The van der Waals surface area contributed by atoms with Gasteiger partial charge in [0.05, 0.1) is 0 Å². The van der Waals surface area contributed by atoms with Gasteiger partial charge in [-0.1, -0.05) is 31.2 Å². The van der Waals surface area contributed by atoms with Crippen molar-refractivity contribution in [3.05, 3.63) is 59.2 Å². The van der Waals surface area contributed by atoms with Crippen LogP contribution in [0.2, 0.25) is 0 Å². The molecule has 0 amide bonds. The molecule has 0 heterocycles. The molecule has 2 aromatic carbocycles. The fourth-order valence-electron chi connectivity index (χ4n) is 2.34. The van der Waals surface area contributed by atoms with Crippen LogP contribution in [0.1, 0.15) is 36.6 Å². The minimum atomic E-state index is 0.266. The van der Waals surface area contributed by atoms with E-state index < -0.39 is 0 Å². The van der Waals surface area contributed by atoms with E-state index in [1.807, 2.05) is 18.2 Å². The molecule has 0 saturated carbocycles. The van der Waals surface area contributed by atoms with Crippen molar-refractivity contribution in [2.45, 2.75) is 33.4 Å². The average molecular weight is 285 g/mol. The molecule has 0 aromatic heterocycles. The zero-order valence-corrected chi connectivity index (χ0v) is 12.9. The fourth-order valence-corrected chi connectivity index (χ4v) is 2.34. The summed E-state index contributed by atoms with van der Waals surface area (Å²) < 4.78 is 5.84. The van der Waals surface area contributed by atoms with Crippen molar-refractivity contribution >= 4 is 0 Å². The van der Waals surface area contributed by atoms with E-state index in [9.17, 15) is 5.11 Å². The van der Waals surface area contributed by atoms with Gasteiger partial charge >= 0.3 is 0 Å². The number of hydrogen-bond donors (Lipinski definition) is 2. The van der Waals surface area contributed by atoms with Crippen molar-refractivity contribution in [2.75, 3.05) is 6.54 Å². The minimum Gasteiger partial charge on any atom is -0.508 e. The van der Waals surface area contributed by atoms with Crippen molar-refractivity contribution < 1.29 is 9.84 Å². The van der Waals surface area contributed by atoms with Crippen LogP contribution in [0.15, 0.2) is 42.5 Å². The molecule has 1 atom stereocenters. The van der Waals surface area contributed by atoms with Crippen LogP contribution in [0.4, 0.5) is 0 Å². The zero-order valence-electron chi connectivity index (χ0n) is 12.9. The van der Waals surface area contributed by atoms with Gasteiger partial charge in [0.1, 0.15) is 18.1 Å². The van der Waals surface area contributed by atoms with E-state index >= 15 is 0 Å². The maximum Gasteiger partial charge on any atom is 0.122 e. The van der Waals surface area contributed by atoms with Crippen molar-refractivity contribution in [1.29, 1.82) is 0 Å². The molecule has 21 heavy (non-hydrogen) atoms. The van der Waals surface area contributed by atoms with Gasteiger partial charge in [0.2, 0.25) is 0 Å². The van der Waals surface area contributed by atoms with E-state index in [0.29, 0.717) is 12.6 Å². The standard InChI is InChI=1S/C18H23NO2/c1-4-19-14(3)16-8-9-18(13(2)10-16)21-12-15-6-5-7-17(20)11-15/h5-11,14,19-20H,4,12H2,1-3H3. The first-order valence-electron chi connectivity index (χ1n) is 7.34. The molecule has 0 saturated heterocycles. The maximum absolute atomic E-state index is 9.45. The van der Waals surface area contributed by atoms with Gasteiger partial charge in [-0.3, -0.25) is 0 Å². The Bertz CT molecular complexity index is 596. The number of aromatic hydroxyl groups is 1. The number of phenols is 1. The molecule has 2 N–H and O–H groups in total. The molecular weight excluding hydrogens is 262 g/mol. The summed E-state index contributed by atoms with van der Waals surface area (Å²) in [7, 11) is 0. The van der Waals surface area contributed by atoms with Crippen LogP contribution in [0, 0.1) is 6.92 Å². The van der Waals surface area contributed by atoms with Crippen molar-refractivity contribution in [3.8, 4) is 11.5 Å². The van der Waals surface area contributed by atoms with Crippen LogP contribution in [-0.4, -0.2) is 11.7 Å². The Morgan fingerprint density at radius 3 is 2.67 bits per heavy atom. The Hall–Kier alpha value is -2.00. The Morgan fingerprint density at radius 2 is 2.00 bits per heavy atom. The third-order valence-corrected chi connectivity index (χ3v) is 3.51. The summed E-state index contributed by atoms with van der Waals surface area (Å²) in [4.78, 5) is 0. The van der Waals surface area contributed by atoms with Crippen LogP contribution in [0.5, 0.6) is 11.5 Å². The Balaban J connectivity index is 2.04. The molecule has 3 heteroatoms. The van der Waals surface area contributed by atoms with Gasteiger partial charge in [-0.25, -0.2) is 0 Å². The number of phenolic OH excluding ortho intramolecular Hbond substituents is 1. The zero-order chi connectivity index (χ0) is 15.2. The quantitative estimate of drug-likeness (QED) is 0.844. The Kier molecular flexibility index (Phi) is 5.23. The highest BCUT2D eigenvalue weighted by molar-refractivity contribution is 5.37. The molecule has 0 aliphatic rings. The number of hydrogen-bond acceptors (Lipinski definition) is 3. The first-order valence-corrected chi connectivity index (χ1v) is 7.34. The van der Waals surface area contributed by atoms with Gasteiger partial charge in [-0.05, 0) is 55.3 Å². The van der Waals surface area contributed by atoms with E-state index in [4.69, 9.17) is 4.74 Å². The molecular formula is C18H23NO2. The number of rotatable bonds is 6. The SMILES string of the molecule is CCNC(C)c1ccc(OCc2cccc(O)c2)c(C)c1. The number of benzene rings is 2. The summed E-state index contributed by atoms with van der Waals surface area (Å²) in [6.45, 7) is 7.73. The Labute approximate surface area is 126 Å². The van der Waals surface area contributed by atoms with Gasteiger partial charge in [0.25, 0.3) is 0 Å². The molecule has 0 aliphatic carbocycles. The molecule has 0 radical (unpaired) electrons. The lowest BCUT2D eigenvalue weighted by molar-refractivity contribution is 0.303. The van der Waals surface area contributed by atoms with Crippen molar-refractivity contribution in [2.24, 2.45) is 0 Å². The normalized spacial score (nSPS) is 12.1. The summed E-state index contributed by atoms with van der Waals surface area (Å²) in [6, 6.07) is 13.8. The highest BCUT2D eigenvalue weighted by atomic mass is 16.5. The third kappa shape index (κ3) is 4.23. The molecule has 0 aliphatic heterocycles. The number of ether oxygens (including phenoxy) is 1. The van der Waals surface area contributed by atoms with E-state index in [0.717, 1.165) is 23.4 Å². The molecule has 112 valence electrons. The predicted molar refractivity (Wildman–Crippen MR) is 85.7 cm³/mol. The summed E-state index contributed by atoms with van der Waals surface area (Å²) >= 11 is 0. The summed E-state index contributed by atoms with van der Waals surface area (Å²) in [6.07, 6.45) is 0. The minimum absolute atomic E-state index is 0.266. The highest BCUT2D eigenvalue weighted by Gasteiger charge is 2.07. The first-order chi connectivity index (χ1) is 10.1. The number of aryl methyl sites for hydroxylation is 1. The lowest BCUT2D eigenvalue weighted by Crippen LogP contribution is -2.17. The van der Waals surface area contributed by atoms with Crippen molar-refractivity contribution in [3.63, 3.8) is 0 Å². The second-order valence-electron chi connectivity index (χ2n) is 5.26. The van der Waals surface area contributed by atoms with Crippen LogP contribution >= 0.6 is 0 Å². The molecule has 0 bridgehead atoms. The van der Waals surface area contributed by atoms with Gasteiger partial charge in [0.15, 0.2) is 0 Å². The van der Waals surface area contributed by atoms with E-state index in [2.05, 4.69) is 38.2 Å². The number of nitrogens with one attached hydrogen (secondary N) is 1. The molecule has 1 unspecified atom stereocenters. The second-order valence-corrected chi connectivity index (χ2v) is 5.26. The summed E-state index contributed by atoms with van der Waals surface area (Å²) in [5.74, 6) is 1.15. The predicted octanol–water partition coefficient (Wildman–Crippen LogP) is 3.95. The summed E-state index contributed by atoms with van der Waals surface area (Å²) in [5, 5.41) is 12.9. The third-order valence-electron chi connectivity index (χ3n) is 3.51. The second kappa shape index (κ2) is 7.14. The van der Waals surface area contributed by atoms with Crippen molar-refractivity contribution in [1.82, 2.24) is 5.32 Å². The largest absolute Gasteiger partial charge is 0.508 e. The first kappa shape index (κ1) is 15.4. The van der Waals surface area contributed by atoms with Crippen LogP contribution in [0.3, 0.4) is 0 Å². The van der Waals surface area contributed by atoms with Gasteiger partial charge in [-0.2, -0.15) is 0 Å². The molecule has 2 rings (SSSR count). The summed E-state index contributed by atoms with van der Waals surface area (Å²) in [5.41, 5.74) is 3.34. The lowest BCUT2D eigenvalue weighted by Gasteiger charge is -2.15.